The molecule has 1 aliphatic heterocycles. The van der Waals surface area contributed by atoms with Gasteiger partial charge in [-0.3, -0.25) is 4.79 Å². The second-order valence-electron chi connectivity index (χ2n) is 8.51. The van der Waals surface area contributed by atoms with E-state index in [9.17, 15) is 18.0 Å². The largest absolute Gasteiger partial charge is 0.453 e. The lowest BCUT2D eigenvalue weighted by Gasteiger charge is -2.32. The topological polar surface area (TPSA) is 89.6 Å². The molecule has 0 spiro atoms. The summed E-state index contributed by atoms with van der Waals surface area (Å²) in [5.41, 5.74) is 1.83. The van der Waals surface area contributed by atoms with Crippen LogP contribution in [0.1, 0.15) is 18.7 Å². The van der Waals surface area contributed by atoms with Gasteiger partial charge < -0.3 is 19.5 Å². The first-order valence-electron chi connectivity index (χ1n) is 11.3. The zero-order chi connectivity index (χ0) is 24.6. The molecule has 184 valence electrons. The van der Waals surface area contributed by atoms with E-state index < -0.39 is 12.0 Å². The molecule has 35 heavy (non-hydrogen) atoms. The van der Waals surface area contributed by atoms with Crippen molar-refractivity contribution in [3.8, 4) is 0 Å². The summed E-state index contributed by atoms with van der Waals surface area (Å²) in [4.78, 5) is 14.7. The second kappa shape index (κ2) is 9.17. The smallest absolute Gasteiger partial charge is 0.383 e. The monoisotopic (exact) mass is 487 g/mol. The van der Waals surface area contributed by atoms with Gasteiger partial charge in [-0.2, -0.15) is 17.7 Å². The maximum Gasteiger partial charge on any atom is 0.453 e. The minimum absolute atomic E-state index is 0.0290. The lowest BCUT2D eigenvalue weighted by Crippen LogP contribution is -2.38. The highest BCUT2D eigenvalue weighted by atomic mass is 19.4. The minimum Gasteiger partial charge on any atom is -0.383 e. The highest BCUT2D eigenvalue weighted by Crippen LogP contribution is 2.29. The molecular formula is C23H24F3N7O2. The standard InChI is InChI=1S/C23H24F3N7O2/c1-35-13-12-31-9-8-16-14-17(2-3-18(16)31)27-21(34)15-6-10-32(11-7-15)20-5-4-19-28-29-22(23(24,25)26)33(19)30-20/h2-5,8-9,14-15H,6-7,10-13H2,1H3,(H,27,34). The van der Waals surface area contributed by atoms with Crippen molar-refractivity contribution in [1.82, 2.24) is 24.4 Å². The quantitative estimate of drug-likeness (QED) is 0.447. The molecular weight excluding hydrogens is 463 g/mol. The van der Waals surface area contributed by atoms with Crippen molar-refractivity contribution in [1.29, 1.82) is 0 Å². The Labute approximate surface area is 198 Å². The number of ether oxygens (including phenoxy) is 1. The lowest BCUT2D eigenvalue weighted by atomic mass is 9.95. The van der Waals surface area contributed by atoms with Gasteiger partial charge in [0.25, 0.3) is 5.82 Å². The molecule has 5 rings (SSSR count). The third kappa shape index (κ3) is 4.65. The molecule has 0 aliphatic carbocycles. The van der Waals surface area contributed by atoms with Gasteiger partial charge in [0.05, 0.1) is 6.61 Å². The van der Waals surface area contributed by atoms with E-state index in [1.165, 1.54) is 6.07 Å². The number of aromatic nitrogens is 5. The summed E-state index contributed by atoms with van der Waals surface area (Å²) in [5, 5.41) is 14.9. The maximum absolute atomic E-state index is 13.2. The highest BCUT2D eigenvalue weighted by molar-refractivity contribution is 5.95. The van der Waals surface area contributed by atoms with E-state index in [2.05, 4.69) is 25.2 Å². The van der Waals surface area contributed by atoms with Crippen LogP contribution in [0.3, 0.4) is 0 Å². The fraction of sp³-hybridized carbons (Fsp3) is 0.391. The third-order valence-electron chi connectivity index (χ3n) is 6.27. The molecule has 0 radical (unpaired) electrons. The summed E-state index contributed by atoms with van der Waals surface area (Å²) in [5.74, 6) is -1.03. The van der Waals surface area contributed by atoms with Gasteiger partial charge in [0, 0.05) is 55.4 Å². The number of halogens is 3. The number of amides is 1. The molecule has 0 atom stereocenters. The Morgan fingerprint density at radius 1 is 1.14 bits per heavy atom. The molecule has 1 amide bonds. The number of hydrogen-bond donors (Lipinski definition) is 1. The average molecular weight is 487 g/mol. The maximum atomic E-state index is 13.2. The summed E-state index contributed by atoms with van der Waals surface area (Å²) in [6.45, 7) is 2.37. The molecule has 0 saturated carbocycles. The number of piperidine rings is 1. The number of hydrogen-bond acceptors (Lipinski definition) is 6. The first-order chi connectivity index (χ1) is 16.8. The first-order valence-corrected chi connectivity index (χ1v) is 11.3. The molecule has 9 nitrogen and oxygen atoms in total. The van der Waals surface area contributed by atoms with Gasteiger partial charge in [0.15, 0.2) is 5.65 Å². The molecule has 4 heterocycles. The van der Waals surface area contributed by atoms with E-state index in [-0.39, 0.29) is 17.5 Å². The van der Waals surface area contributed by atoms with Crippen LogP contribution in [0.15, 0.2) is 42.6 Å². The number of nitrogens with one attached hydrogen (secondary N) is 1. The number of fused-ring (bicyclic) bond motifs is 2. The Morgan fingerprint density at radius 2 is 1.94 bits per heavy atom. The van der Waals surface area contributed by atoms with Crippen LogP contribution in [0.25, 0.3) is 16.6 Å². The van der Waals surface area contributed by atoms with Crippen molar-refractivity contribution >= 4 is 34.0 Å². The zero-order valence-corrected chi connectivity index (χ0v) is 19.0. The van der Waals surface area contributed by atoms with E-state index in [0.717, 1.165) is 23.1 Å². The van der Waals surface area contributed by atoms with Crippen LogP contribution in [0.2, 0.25) is 0 Å². The van der Waals surface area contributed by atoms with Gasteiger partial charge >= 0.3 is 6.18 Å². The van der Waals surface area contributed by atoms with Crippen LogP contribution in [-0.2, 0) is 22.3 Å². The summed E-state index contributed by atoms with van der Waals surface area (Å²) < 4.78 is 47.4. The van der Waals surface area contributed by atoms with Crippen molar-refractivity contribution in [2.24, 2.45) is 5.92 Å². The number of rotatable bonds is 6. The van der Waals surface area contributed by atoms with Crippen LogP contribution < -0.4 is 10.2 Å². The predicted octanol–water partition coefficient (Wildman–Crippen LogP) is 3.60. The Hall–Kier alpha value is -3.67. The highest BCUT2D eigenvalue weighted by Gasteiger charge is 2.38. The Kier molecular flexibility index (Phi) is 6.05. The Balaban J connectivity index is 1.22. The van der Waals surface area contributed by atoms with Crippen molar-refractivity contribution in [3.63, 3.8) is 0 Å². The number of benzene rings is 1. The van der Waals surface area contributed by atoms with Crippen molar-refractivity contribution in [2.45, 2.75) is 25.6 Å². The van der Waals surface area contributed by atoms with Crippen LogP contribution in [-0.4, -0.2) is 57.1 Å². The van der Waals surface area contributed by atoms with E-state index >= 15 is 0 Å². The molecule has 1 saturated heterocycles. The van der Waals surface area contributed by atoms with Crippen LogP contribution in [0.5, 0.6) is 0 Å². The molecule has 0 unspecified atom stereocenters. The number of anilines is 2. The van der Waals surface area contributed by atoms with E-state index in [1.54, 1.807) is 13.2 Å². The molecule has 1 fully saturated rings. The summed E-state index contributed by atoms with van der Waals surface area (Å²) in [6, 6.07) is 10.9. The number of carbonyl (C=O) groups excluding carboxylic acids is 1. The fourth-order valence-electron chi connectivity index (χ4n) is 4.40. The molecule has 3 aromatic heterocycles. The molecule has 0 bridgehead atoms. The summed E-state index contributed by atoms with van der Waals surface area (Å²) in [6.07, 6.45) is -1.52. The number of methoxy groups -OCH3 is 1. The van der Waals surface area contributed by atoms with Gasteiger partial charge in [-0.05, 0) is 49.2 Å². The fourth-order valence-corrected chi connectivity index (χ4v) is 4.40. The molecule has 4 aromatic rings. The van der Waals surface area contributed by atoms with Crippen LogP contribution in [0.4, 0.5) is 24.7 Å². The third-order valence-corrected chi connectivity index (χ3v) is 6.27. The van der Waals surface area contributed by atoms with E-state index in [0.29, 0.717) is 42.9 Å². The normalized spacial score (nSPS) is 15.3. The Morgan fingerprint density at radius 3 is 2.69 bits per heavy atom. The van der Waals surface area contributed by atoms with Gasteiger partial charge in [-0.1, -0.05) is 0 Å². The number of carbonyl (C=O) groups is 1. The van der Waals surface area contributed by atoms with E-state index in [1.807, 2.05) is 35.4 Å². The average Bonchev–Trinajstić information content (AvgIpc) is 3.46. The second-order valence-corrected chi connectivity index (χ2v) is 8.51. The molecule has 1 N–H and O–H groups in total. The predicted molar refractivity (Wildman–Crippen MR) is 123 cm³/mol. The van der Waals surface area contributed by atoms with Gasteiger partial charge in [-0.15, -0.1) is 15.3 Å². The van der Waals surface area contributed by atoms with Crippen molar-refractivity contribution in [3.05, 3.63) is 48.4 Å². The van der Waals surface area contributed by atoms with Crippen molar-refractivity contribution in [2.75, 3.05) is 37.0 Å². The minimum atomic E-state index is -4.65. The van der Waals surface area contributed by atoms with Crippen LogP contribution >= 0.6 is 0 Å². The summed E-state index contributed by atoms with van der Waals surface area (Å²) >= 11 is 0. The zero-order valence-electron chi connectivity index (χ0n) is 19.0. The van der Waals surface area contributed by atoms with Gasteiger partial charge in [0.2, 0.25) is 5.91 Å². The summed E-state index contributed by atoms with van der Waals surface area (Å²) in [7, 11) is 1.67. The van der Waals surface area contributed by atoms with Gasteiger partial charge in [0.1, 0.15) is 5.82 Å². The number of nitrogens with zero attached hydrogens (tertiary/aromatic N) is 6. The number of alkyl halides is 3. The van der Waals surface area contributed by atoms with Crippen LogP contribution in [0, 0.1) is 5.92 Å². The van der Waals surface area contributed by atoms with E-state index in [4.69, 9.17) is 4.74 Å². The molecule has 12 heteroatoms. The van der Waals surface area contributed by atoms with Gasteiger partial charge in [-0.25, -0.2) is 0 Å². The lowest BCUT2D eigenvalue weighted by molar-refractivity contribution is -0.146. The first kappa shape index (κ1) is 23.1. The molecule has 1 aliphatic rings. The molecule has 1 aromatic carbocycles. The SMILES string of the molecule is COCCn1ccc2cc(NC(=O)C3CCN(c4ccc5nnc(C(F)(F)F)n5n4)CC3)ccc21. The van der Waals surface area contributed by atoms with Crippen molar-refractivity contribution < 1.29 is 22.7 Å². The Bertz CT molecular complexity index is 1360.